The molecule has 0 aromatic heterocycles. The average Bonchev–Trinajstić information content (AvgIpc) is 2.83. The summed E-state index contributed by atoms with van der Waals surface area (Å²) in [5.74, 6) is 1.39. The van der Waals surface area contributed by atoms with Crippen LogP contribution in [0.3, 0.4) is 0 Å². The fourth-order valence-corrected chi connectivity index (χ4v) is 2.48. The molecule has 0 saturated heterocycles. The molecule has 1 unspecified atom stereocenters. The van der Waals surface area contributed by atoms with Crippen molar-refractivity contribution in [3.8, 4) is 5.75 Å². The SMILES string of the molecule is COc1ccc2ccc(CC3=NOS(=O)N3)cc2c1. The van der Waals surface area contributed by atoms with Crippen molar-refractivity contribution in [3.05, 3.63) is 42.0 Å². The summed E-state index contributed by atoms with van der Waals surface area (Å²) in [6.07, 6.45) is 0.554. The van der Waals surface area contributed by atoms with E-state index in [4.69, 9.17) is 4.74 Å². The van der Waals surface area contributed by atoms with E-state index in [1.807, 2.05) is 30.3 Å². The van der Waals surface area contributed by atoms with E-state index in [0.29, 0.717) is 12.3 Å². The van der Waals surface area contributed by atoms with Crippen LogP contribution in [0, 0.1) is 0 Å². The molecule has 2 aromatic rings. The Morgan fingerprint density at radius 1 is 1.26 bits per heavy atom. The summed E-state index contributed by atoms with van der Waals surface area (Å²) in [6, 6.07) is 12.0. The van der Waals surface area contributed by atoms with E-state index in [1.165, 1.54) is 0 Å². The van der Waals surface area contributed by atoms with Gasteiger partial charge in [0, 0.05) is 6.42 Å². The first-order valence-corrected chi connectivity index (χ1v) is 6.81. The molecule has 1 N–H and O–H groups in total. The number of oxime groups is 1. The van der Waals surface area contributed by atoms with Gasteiger partial charge in [-0.05, 0) is 28.5 Å². The Bertz CT molecular complexity index is 685. The summed E-state index contributed by atoms with van der Waals surface area (Å²) in [5.41, 5.74) is 1.06. The molecule has 98 valence electrons. The summed E-state index contributed by atoms with van der Waals surface area (Å²) >= 11 is -1.53. The fraction of sp³-hybridized carbons (Fsp3) is 0.154. The number of hydrogen-bond donors (Lipinski definition) is 1. The van der Waals surface area contributed by atoms with Gasteiger partial charge >= 0.3 is 11.3 Å². The maximum absolute atomic E-state index is 11.0. The van der Waals surface area contributed by atoms with Gasteiger partial charge in [-0.2, -0.15) is 4.21 Å². The Kier molecular flexibility index (Phi) is 3.08. The summed E-state index contributed by atoms with van der Waals surface area (Å²) in [5, 5.41) is 5.95. The fourth-order valence-electron chi connectivity index (χ4n) is 1.99. The van der Waals surface area contributed by atoms with Crippen LogP contribution in [0.15, 0.2) is 41.6 Å². The van der Waals surface area contributed by atoms with Gasteiger partial charge in [0.2, 0.25) is 0 Å². The van der Waals surface area contributed by atoms with E-state index in [1.54, 1.807) is 7.11 Å². The first kappa shape index (κ1) is 12.0. The van der Waals surface area contributed by atoms with Crippen molar-refractivity contribution in [2.75, 3.05) is 7.11 Å². The first-order chi connectivity index (χ1) is 9.24. The molecular weight excluding hydrogens is 264 g/mol. The van der Waals surface area contributed by atoms with E-state index in [0.717, 1.165) is 22.1 Å². The minimum Gasteiger partial charge on any atom is -0.497 e. The van der Waals surface area contributed by atoms with E-state index >= 15 is 0 Å². The summed E-state index contributed by atoms with van der Waals surface area (Å²) in [6.45, 7) is 0. The lowest BCUT2D eigenvalue weighted by Gasteiger charge is -2.05. The molecule has 2 aromatic carbocycles. The molecule has 0 fully saturated rings. The van der Waals surface area contributed by atoms with Crippen LogP contribution in [0.1, 0.15) is 5.56 Å². The lowest BCUT2D eigenvalue weighted by molar-refractivity contribution is 0.384. The highest BCUT2D eigenvalue weighted by molar-refractivity contribution is 7.79. The van der Waals surface area contributed by atoms with E-state index < -0.39 is 11.3 Å². The van der Waals surface area contributed by atoms with Crippen molar-refractivity contribution in [2.24, 2.45) is 5.16 Å². The van der Waals surface area contributed by atoms with Gasteiger partial charge in [0.1, 0.15) is 5.75 Å². The van der Waals surface area contributed by atoms with Crippen LogP contribution >= 0.6 is 0 Å². The van der Waals surface area contributed by atoms with Gasteiger partial charge in [0.15, 0.2) is 5.84 Å². The third-order valence-electron chi connectivity index (χ3n) is 2.90. The van der Waals surface area contributed by atoms with Crippen molar-refractivity contribution in [3.63, 3.8) is 0 Å². The van der Waals surface area contributed by atoms with E-state index in [9.17, 15) is 4.21 Å². The van der Waals surface area contributed by atoms with Crippen LogP contribution < -0.4 is 9.46 Å². The normalized spacial score (nSPS) is 17.7. The molecule has 3 rings (SSSR count). The molecule has 6 heteroatoms. The van der Waals surface area contributed by atoms with E-state index in [-0.39, 0.29) is 0 Å². The van der Waals surface area contributed by atoms with Crippen LogP contribution in [0.2, 0.25) is 0 Å². The van der Waals surface area contributed by atoms with Gasteiger partial charge in [-0.25, -0.2) is 0 Å². The molecule has 0 saturated carbocycles. The van der Waals surface area contributed by atoms with Gasteiger partial charge in [-0.1, -0.05) is 29.4 Å². The zero-order valence-corrected chi connectivity index (χ0v) is 11.1. The van der Waals surface area contributed by atoms with Gasteiger partial charge in [0.05, 0.1) is 7.11 Å². The zero-order chi connectivity index (χ0) is 13.2. The zero-order valence-electron chi connectivity index (χ0n) is 10.3. The minimum atomic E-state index is -1.53. The second-order valence-electron chi connectivity index (χ2n) is 4.17. The van der Waals surface area contributed by atoms with Crippen LogP contribution in [-0.4, -0.2) is 17.2 Å². The Hall–Kier alpha value is -2.08. The quantitative estimate of drug-likeness (QED) is 0.931. The summed E-state index contributed by atoms with van der Waals surface area (Å²) in [4.78, 5) is 0. The second-order valence-corrected chi connectivity index (χ2v) is 5.00. The van der Waals surface area contributed by atoms with Crippen LogP contribution in [-0.2, 0) is 22.0 Å². The van der Waals surface area contributed by atoms with Crippen molar-refractivity contribution >= 4 is 27.9 Å². The Morgan fingerprint density at radius 2 is 2.11 bits per heavy atom. The molecule has 1 aliphatic heterocycles. The minimum absolute atomic E-state index is 0.554. The standard InChI is InChI=1S/C13H12N2O3S/c1-17-12-5-4-10-3-2-9(6-11(10)8-12)7-13-14-18-19(16)15-13/h2-6,8H,7H2,1H3,(H,14,15). The van der Waals surface area contributed by atoms with Crippen molar-refractivity contribution < 1.29 is 13.2 Å². The molecule has 1 atom stereocenters. The van der Waals surface area contributed by atoms with Crippen LogP contribution in [0.25, 0.3) is 10.8 Å². The van der Waals surface area contributed by atoms with Crippen LogP contribution in [0.4, 0.5) is 0 Å². The summed E-state index contributed by atoms with van der Waals surface area (Å²) < 4.78 is 23.4. The molecule has 0 aliphatic carbocycles. The number of fused-ring (bicyclic) bond motifs is 1. The topological polar surface area (TPSA) is 59.9 Å². The monoisotopic (exact) mass is 276 g/mol. The molecular formula is C13H12N2O3S. The highest BCUT2D eigenvalue weighted by atomic mass is 32.2. The second kappa shape index (κ2) is 4.89. The number of nitrogens with one attached hydrogen (secondary N) is 1. The van der Waals surface area contributed by atoms with Crippen molar-refractivity contribution in [1.29, 1.82) is 0 Å². The number of rotatable bonds is 3. The number of amidine groups is 1. The lowest BCUT2D eigenvalue weighted by Crippen LogP contribution is -2.21. The highest BCUT2D eigenvalue weighted by Gasteiger charge is 2.14. The first-order valence-electron chi connectivity index (χ1n) is 5.74. The molecule has 0 spiro atoms. The molecule has 19 heavy (non-hydrogen) atoms. The molecule has 1 heterocycles. The third-order valence-corrected chi connectivity index (χ3v) is 3.51. The average molecular weight is 276 g/mol. The molecule has 5 nitrogen and oxygen atoms in total. The maximum atomic E-state index is 11.0. The number of hydrogen-bond acceptors (Lipinski definition) is 4. The van der Waals surface area contributed by atoms with E-state index in [2.05, 4.69) is 20.2 Å². The predicted octanol–water partition coefficient (Wildman–Crippen LogP) is 1.90. The molecule has 1 aliphatic rings. The molecule has 0 bridgehead atoms. The lowest BCUT2D eigenvalue weighted by atomic mass is 10.0. The van der Waals surface area contributed by atoms with Crippen LogP contribution in [0.5, 0.6) is 5.75 Å². The van der Waals surface area contributed by atoms with Crippen molar-refractivity contribution in [1.82, 2.24) is 4.72 Å². The Balaban J connectivity index is 1.90. The Morgan fingerprint density at radius 3 is 2.84 bits per heavy atom. The smallest absolute Gasteiger partial charge is 0.338 e. The molecule has 0 amide bonds. The number of benzene rings is 2. The van der Waals surface area contributed by atoms with Crippen molar-refractivity contribution in [2.45, 2.75) is 6.42 Å². The Labute approximate surface area is 113 Å². The van der Waals surface area contributed by atoms with Gasteiger partial charge < -0.3 is 4.74 Å². The molecule has 0 radical (unpaired) electrons. The highest BCUT2D eigenvalue weighted by Crippen LogP contribution is 2.22. The number of nitrogens with zero attached hydrogens (tertiary/aromatic N) is 1. The largest absolute Gasteiger partial charge is 0.497 e. The van der Waals surface area contributed by atoms with Gasteiger partial charge in [-0.3, -0.25) is 9.01 Å². The summed E-state index contributed by atoms with van der Waals surface area (Å²) in [7, 11) is 1.65. The van der Waals surface area contributed by atoms with Gasteiger partial charge in [0.25, 0.3) is 0 Å². The van der Waals surface area contributed by atoms with Gasteiger partial charge in [-0.15, -0.1) is 0 Å². The maximum Gasteiger partial charge on any atom is 0.338 e. The number of ether oxygens (including phenoxy) is 1. The third kappa shape index (κ3) is 2.53. The number of methoxy groups -OCH3 is 1. The predicted molar refractivity (Wildman–Crippen MR) is 74.0 cm³/mol.